The van der Waals surface area contributed by atoms with Crippen LogP contribution >= 0.6 is 0 Å². The molecule has 0 spiro atoms. The van der Waals surface area contributed by atoms with Crippen LogP contribution in [-0.4, -0.2) is 47.7 Å². The minimum Gasteiger partial charge on any atom is -0.469 e. The molecule has 0 aromatic rings. The van der Waals surface area contributed by atoms with Crippen molar-refractivity contribution in [1.29, 1.82) is 0 Å². The van der Waals surface area contributed by atoms with Gasteiger partial charge in [0, 0.05) is 37.5 Å². The van der Waals surface area contributed by atoms with Crippen molar-refractivity contribution >= 4 is 28.4 Å². The van der Waals surface area contributed by atoms with Crippen molar-refractivity contribution in [1.82, 2.24) is 0 Å². The molecule has 0 amide bonds. The zero-order valence-electron chi connectivity index (χ0n) is 27.9. The summed E-state index contributed by atoms with van der Waals surface area (Å²) in [6.45, 7) is 25.0. The molecule has 0 bridgehead atoms. The summed E-state index contributed by atoms with van der Waals surface area (Å²) in [4.78, 5) is 24.7. The van der Waals surface area contributed by atoms with Gasteiger partial charge in [-0.05, 0) is 49.1 Å². The van der Waals surface area contributed by atoms with E-state index in [-0.39, 0.29) is 45.9 Å². The van der Waals surface area contributed by atoms with Crippen LogP contribution in [0, 0.1) is 23.7 Å². The predicted octanol–water partition coefficient (Wildman–Crippen LogP) is 8.85. The van der Waals surface area contributed by atoms with Gasteiger partial charge in [-0.2, -0.15) is 0 Å². The summed E-state index contributed by atoms with van der Waals surface area (Å²) in [6, 6.07) is 0. The van der Waals surface area contributed by atoms with Crippen LogP contribution in [0.5, 0.6) is 0 Å². The smallest absolute Gasteiger partial charge is 0.305 e. The lowest BCUT2D eigenvalue weighted by molar-refractivity contribution is -0.140. The summed E-state index contributed by atoms with van der Waals surface area (Å²) in [7, 11) is -2.62. The zero-order chi connectivity index (χ0) is 30.8. The van der Waals surface area contributed by atoms with Crippen molar-refractivity contribution in [3.63, 3.8) is 0 Å². The molecule has 1 aliphatic rings. The van der Waals surface area contributed by atoms with E-state index in [1.807, 2.05) is 0 Å². The zero-order valence-corrected chi connectivity index (χ0v) is 29.9. The lowest BCUT2D eigenvalue weighted by atomic mass is 9.90. The molecule has 1 rings (SSSR count). The van der Waals surface area contributed by atoms with Gasteiger partial charge in [0.1, 0.15) is 5.78 Å². The Morgan fingerprint density at radius 1 is 1.00 bits per heavy atom. The fourth-order valence-electron chi connectivity index (χ4n) is 4.43. The fourth-order valence-corrected chi connectivity index (χ4v) is 7.09. The summed E-state index contributed by atoms with van der Waals surface area (Å²) in [5.41, 5.74) is 0. The highest BCUT2D eigenvalue weighted by Gasteiger charge is 2.47. The first-order valence-electron chi connectivity index (χ1n) is 15.5. The average Bonchev–Trinajstić information content (AvgIpc) is 3.10. The SMILES string of the molecule is CCCCC[C@@H](/C=C/[C@H]1[C@H](O[Si](C)(C)C(C)(C)C)CC(=O)[C@@H]1CC#CCCCC(=O)OC)O[Si](C)(C)C(C)(C)C. The third-order valence-corrected chi connectivity index (χ3v) is 18.2. The second kappa shape index (κ2) is 15.9. The van der Waals surface area contributed by atoms with Crippen LogP contribution in [0.2, 0.25) is 36.3 Å². The molecule has 0 radical (unpaired) electrons. The first-order valence-corrected chi connectivity index (χ1v) is 21.3. The van der Waals surface area contributed by atoms with Crippen LogP contribution in [0.25, 0.3) is 0 Å². The highest BCUT2D eigenvalue weighted by molar-refractivity contribution is 6.74. The number of carbonyl (C=O) groups excluding carboxylic acids is 2. The van der Waals surface area contributed by atoms with Gasteiger partial charge in [-0.1, -0.05) is 79.9 Å². The van der Waals surface area contributed by atoms with E-state index in [9.17, 15) is 9.59 Å². The third-order valence-electron chi connectivity index (χ3n) is 9.21. The predicted molar refractivity (Wildman–Crippen MR) is 172 cm³/mol. The Bertz CT molecular complexity index is 899. The van der Waals surface area contributed by atoms with Crippen molar-refractivity contribution in [2.75, 3.05) is 7.11 Å². The maximum atomic E-state index is 13.3. The molecule has 230 valence electrons. The van der Waals surface area contributed by atoms with Crippen molar-refractivity contribution in [3.05, 3.63) is 12.2 Å². The van der Waals surface area contributed by atoms with Crippen molar-refractivity contribution in [2.45, 2.75) is 155 Å². The van der Waals surface area contributed by atoms with Gasteiger partial charge in [-0.25, -0.2) is 0 Å². The first-order chi connectivity index (χ1) is 18.4. The number of carbonyl (C=O) groups is 2. The summed E-state index contributed by atoms with van der Waals surface area (Å²) in [5, 5.41) is 0.198. The summed E-state index contributed by atoms with van der Waals surface area (Å²) >= 11 is 0. The molecule has 0 aliphatic heterocycles. The van der Waals surface area contributed by atoms with E-state index in [0.717, 1.165) is 12.8 Å². The minimum atomic E-state index is -2.07. The molecule has 0 unspecified atom stereocenters. The van der Waals surface area contributed by atoms with E-state index in [1.54, 1.807) is 0 Å². The molecular weight excluding hydrogens is 533 g/mol. The third kappa shape index (κ3) is 11.6. The molecule has 7 heteroatoms. The van der Waals surface area contributed by atoms with Gasteiger partial charge in [0.25, 0.3) is 0 Å². The number of ether oxygens (including phenoxy) is 1. The molecule has 5 nitrogen and oxygen atoms in total. The lowest BCUT2D eigenvalue weighted by Gasteiger charge is -2.40. The molecule has 0 aromatic heterocycles. The lowest BCUT2D eigenvalue weighted by Crippen LogP contribution is -2.45. The van der Waals surface area contributed by atoms with Crippen molar-refractivity contribution < 1.29 is 23.2 Å². The quantitative estimate of drug-likeness (QED) is 0.0663. The Labute approximate surface area is 248 Å². The molecule has 0 aromatic carbocycles. The fraction of sp³-hybridized carbons (Fsp3) is 0.818. The summed E-state index contributed by atoms with van der Waals surface area (Å²) in [6.07, 6.45) is 11.5. The molecule has 0 saturated heterocycles. The minimum absolute atomic E-state index is 0.0114. The van der Waals surface area contributed by atoms with Crippen LogP contribution in [0.15, 0.2) is 12.2 Å². The molecule has 0 N–H and O–H groups in total. The average molecular weight is 593 g/mol. The van der Waals surface area contributed by atoms with E-state index in [1.165, 1.54) is 20.0 Å². The van der Waals surface area contributed by atoms with Gasteiger partial charge >= 0.3 is 5.97 Å². The molecule has 1 aliphatic carbocycles. The van der Waals surface area contributed by atoms with Gasteiger partial charge in [0.2, 0.25) is 0 Å². The largest absolute Gasteiger partial charge is 0.469 e. The monoisotopic (exact) mass is 592 g/mol. The van der Waals surface area contributed by atoms with Crippen molar-refractivity contribution in [3.8, 4) is 11.8 Å². The Balaban J connectivity index is 3.24. The van der Waals surface area contributed by atoms with Crippen LogP contribution in [0.3, 0.4) is 0 Å². The van der Waals surface area contributed by atoms with Crippen molar-refractivity contribution in [2.24, 2.45) is 11.8 Å². The van der Waals surface area contributed by atoms with Crippen LogP contribution in [0.4, 0.5) is 0 Å². The first kappa shape index (κ1) is 36.8. The summed E-state index contributed by atoms with van der Waals surface area (Å²) < 4.78 is 18.5. The highest BCUT2D eigenvalue weighted by Crippen LogP contribution is 2.43. The number of methoxy groups -OCH3 is 1. The van der Waals surface area contributed by atoms with E-state index in [4.69, 9.17) is 13.6 Å². The number of unbranched alkanes of at least 4 members (excludes halogenated alkanes) is 3. The second-order valence-electron chi connectivity index (χ2n) is 14.6. The summed E-state index contributed by atoms with van der Waals surface area (Å²) in [5.74, 6) is 6.28. The van der Waals surface area contributed by atoms with E-state index >= 15 is 0 Å². The van der Waals surface area contributed by atoms with E-state index < -0.39 is 16.6 Å². The molecule has 1 saturated carbocycles. The highest BCUT2D eigenvalue weighted by atomic mass is 28.4. The maximum Gasteiger partial charge on any atom is 0.305 e. The molecule has 40 heavy (non-hydrogen) atoms. The van der Waals surface area contributed by atoms with Gasteiger partial charge < -0.3 is 13.6 Å². The van der Waals surface area contributed by atoms with E-state index in [0.29, 0.717) is 32.1 Å². The standard InChI is InChI=1S/C33H60O5Si2/c1-13-14-17-20-26(37-39(9,10)32(2,3)4)23-24-28-27(21-18-15-16-19-22-31(35)36-8)29(34)25-30(28)38-40(11,12)33(5,6)7/h23-24,26-28,30H,13-14,16-17,19-22,25H2,1-12H3/b24-23+/t26-,27+,28+,30+/m0/s1. The number of rotatable bonds is 14. The Kier molecular flexibility index (Phi) is 14.6. The Hall–Kier alpha value is -1.21. The van der Waals surface area contributed by atoms with Gasteiger partial charge in [-0.3, -0.25) is 9.59 Å². The number of hydrogen-bond acceptors (Lipinski definition) is 5. The maximum absolute atomic E-state index is 13.3. The normalized spacial score (nSPS) is 21.4. The van der Waals surface area contributed by atoms with Crippen LogP contribution in [0.1, 0.15) is 106 Å². The number of ketones is 1. The molecular formula is C33H60O5Si2. The Morgan fingerprint density at radius 2 is 1.62 bits per heavy atom. The van der Waals surface area contributed by atoms with E-state index in [2.05, 4.69) is 98.6 Å². The molecule has 4 atom stereocenters. The number of hydrogen-bond donors (Lipinski definition) is 0. The Morgan fingerprint density at radius 3 is 2.17 bits per heavy atom. The van der Waals surface area contributed by atoms with Gasteiger partial charge in [-0.15, -0.1) is 11.8 Å². The van der Waals surface area contributed by atoms with Gasteiger partial charge in [0.15, 0.2) is 16.6 Å². The van der Waals surface area contributed by atoms with Gasteiger partial charge in [0.05, 0.1) is 19.3 Å². The second-order valence-corrected chi connectivity index (χ2v) is 24.1. The van der Waals surface area contributed by atoms with Crippen LogP contribution < -0.4 is 0 Å². The molecule has 0 heterocycles. The number of Topliss-reactive ketones (excluding diaryl/α,β-unsaturated/α-hetero) is 1. The number of esters is 1. The topological polar surface area (TPSA) is 61.8 Å². The van der Waals surface area contributed by atoms with Crippen LogP contribution in [-0.2, 0) is 23.2 Å². The molecule has 1 fully saturated rings.